The third-order valence-corrected chi connectivity index (χ3v) is 5.42. The van der Waals surface area contributed by atoms with E-state index in [1.54, 1.807) is 0 Å². The third kappa shape index (κ3) is 3.05. The molecule has 1 aromatic carbocycles. The van der Waals surface area contributed by atoms with Crippen LogP contribution >= 0.6 is 0 Å². The zero-order chi connectivity index (χ0) is 16.7. The number of nitrogens with zero attached hydrogens (tertiary/aromatic N) is 2. The van der Waals surface area contributed by atoms with Crippen LogP contribution in [0.3, 0.4) is 0 Å². The van der Waals surface area contributed by atoms with Crippen molar-refractivity contribution in [3.63, 3.8) is 0 Å². The minimum Gasteiger partial charge on any atom is -0.326 e. The van der Waals surface area contributed by atoms with Gasteiger partial charge in [0, 0.05) is 35.6 Å². The highest BCUT2D eigenvalue weighted by Crippen LogP contribution is 2.33. The zero-order valence-electron chi connectivity index (χ0n) is 14.5. The van der Waals surface area contributed by atoms with Gasteiger partial charge in [-0.2, -0.15) is 5.10 Å². The number of fused-ring (bicyclic) bond motifs is 3. The van der Waals surface area contributed by atoms with Gasteiger partial charge in [0.15, 0.2) is 0 Å². The fourth-order valence-electron chi connectivity index (χ4n) is 4.34. The molecule has 0 radical (unpaired) electrons. The number of amides is 1. The van der Waals surface area contributed by atoms with Gasteiger partial charge < -0.3 is 10.6 Å². The van der Waals surface area contributed by atoms with E-state index >= 15 is 0 Å². The second-order valence-corrected chi connectivity index (χ2v) is 7.68. The predicted octanol–water partition coefficient (Wildman–Crippen LogP) is 3.48. The van der Waals surface area contributed by atoms with Gasteiger partial charge in [-0.1, -0.05) is 0 Å². The van der Waals surface area contributed by atoms with Crippen molar-refractivity contribution in [1.29, 1.82) is 0 Å². The lowest BCUT2D eigenvalue weighted by Crippen LogP contribution is -2.39. The highest BCUT2D eigenvalue weighted by atomic mass is 16.1. The molecule has 1 amide bonds. The van der Waals surface area contributed by atoms with E-state index < -0.39 is 0 Å². The first kappa shape index (κ1) is 15.6. The summed E-state index contributed by atoms with van der Waals surface area (Å²) in [6.45, 7) is 4.23. The number of carbonyl (C=O) groups excluding carboxylic acids is 1. The molecule has 3 heterocycles. The smallest absolute Gasteiger partial charge is 0.224 e. The molecule has 2 aliphatic rings. The van der Waals surface area contributed by atoms with Gasteiger partial charge in [0.2, 0.25) is 5.91 Å². The van der Waals surface area contributed by atoms with E-state index in [1.165, 1.54) is 12.8 Å². The molecule has 2 aliphatic heterocycles. The summed E-state index contributed by atoms with van der Waals surface area (Å²) in [5, 5.41) is 12.3. The molecule has 1 aromatic heterocycles. The molecule has 5 nitrogen and oxygen atoms in total. The molecule has 2 saturated heterocycles. The van der Waals surface area contributed by atoms with Crippen molar-refractivity contribution in [2.45, 2.75) is 64.1 Å². The van der Waals surface area contributed by atoms with Crippen LogP contribution in [-0.4, -0.2) is 27.8 Å². The standard InChI is InChI=1S/C19H26N4O/c1-12(2)23-18-10-17(4-3-14(18)11-20-23)22-19(24)9-13-7-15-5-6-16(8-13)21-15/h3-4,10-13,15-16,21H,5-9H2,1-2H3,(H,22,24). The normalized spacial score (nSPS) is 26.2. The Bertz CT molecular complexity index is 739. The van der Waals surface area contributed by atoms with Gasteiger partial charge in [-0.15, -0.1) is 0 Å². The van der Waals surface area contributed by atoms with Crippen molar-refractivity contribution in [2.75, 3.05) is 5.32 Å². The lowest BCUT2D eigenvalue weighted by molar-refractivity contribution is -0.117. The first-order chi connectivity index (χ1) is 11.6. The number of nitrogens with one attached hydrogen (secondary N) is 2. The number of piperidine rings is 1. The first-order valence-corrected chi connectivity index (χ1v) is 9.11. The number of carbonyl (C=O) groups is 1. The van der Waals surface area contributed by atoms with Crippen LogP contribution in [0.1, 0.15) is 52.0 Å². The number of benzene rings is 1. The van der Waals surface area contributed by atoms with Crippen LogP contribution in [0.15, 0.2) is 24.4 Å². The Kier molecular flexibility index (Phi) is 4.04. The average molecular weight is 326 g/mol. The quantitative estimate of drug-likeness (QED) is 0.904. The summed E-state index contributed by atoms with van der Waals surface area (Å²) in [5.41, 5.74) is 1.94. The van der Waals surface area contributed by atoms with E-state index in [0.717, 1.165) is 29.4 Å². The molecule has 2 fully saturated rings. The highest BCUT2D eigenvalue weighted by molar-refractivity contribution is 5.93. The monoisotopic (exact) mass is 326 g/mol. The SMILES string of the molecule is CC(C)n1ncc2ccc(NC(=O)CC3CC4CCC(C3)N4)cc21. The van der Waals surface area contributed by atoms with Crippen molar-refractivity contribution >= 4 is 22.5 Å². The van der Waals surface area contributed by atoms with Crippen LogP contribution in [0.5, 0.6) is 0 Å². The van der Waals surface area contributed by atoms with E-state index in [4.69, 9.17) is 0 Å². The van der Waals surface area contributed by atoms with Crippen LogP contribution in [-0.2, 0) is 4.79 Å². The van der Waals surface area contributed by atoms with Crippen molar-refractivity contribution in [3.05, 3.63) is 24.4 Å². The second kappa shape index (κ2) is 6.20. The average Bonchev–Trinajstić information content (AvgIpc) is 3.10. The summed E-state index contributed by atoms with van der Waals surface area (Å²) in [6.07, 6.45) is 7.35. The van der Waals surface area contributed by atoms with Crippen molar-refractivity contribution in [2.24, 2.45) is 5.92 Å². The van der Waals surface area contributed by atoms with Gasteiger partial charge in [-0.25, -0.2) is 0 Å². The van der Waals surface area contributed by atoms with Crippen LogP contribution < -0.4 is 10.6 Å². The van der Waals surface area contributed by atoms with Crippen molar-refractivity contribution < 1.29 is 4.79 Å². The van der Waals surface area contributed by atoms with E-state index in [2.05, 4.69) is 29.6 Å². The molecule has 128 valence electrons. The van der Waals surface area contributed by atoms with Gasteiger partial charge in [-0.05, 0) is 63.6 Å². The number of aromatic nitrogens is 2. The van der Waals surface area contributed by atoms with Gasteiger partial charge in [-0.3, -0.25) is 9.48 Å². The maximum Gasteiger partial charge on any atom is 0.224 e. The fourth-order valence-corrected chi connectivity index (χ4v) is 4.34. The molecule has 0 saturated carbocycles. The molecular weight excluding hydrogens is 300 g/mol. The number of hydrogen-bond acceptors (Lipinski definition) is 3. The van der Waals surface area contributed by atoms with Crippen LogP contribution in [0.25, 0.3) is 10.9 Å². The summed E-state index contributed by atoms with van der Waals surface area (Å²) in [4.78, 5) is 12.5. The number of rotatable bonds is 4. The molecule has 0 aliphatic carbocycles. The third-order valence-electron chi connectivity index (χ3n) is 5.42. The molecule has 4 rings (SSSR count). The van der Waals surface area contributed by atoms with Crippen LogP contribution in [0.4, 0.5) is 5.69 Å². The summed E-state index contributed by atoms with van der Waals surface area (Å²) >= 11 is 0. The number of anilines is 1. The Morgan fingerprint density at radius 1 is 1.33 bits per heavy atom. The van der Waals surface area contributed by atoms with Gasteiger partial charge in [0.05, 0.1) is 11.7 Å². The van der Waals surface area contributed by atoms with E-state index in [1.807, 2.05) is 29.1 Å². The van der Waals surface area contributed by atoms with E-state index in [0.29, 0.717) is 30.5 Å². The molecule has 2 aromatic rings. The predicted molar refractivity (Wildman–Crippen MR) is 96.0 cm³/mol. The molecule has 24 heavy (non-hydrogen) atoms. The van der Waals surface area contributed by atoms with Gasteiger partial charge >= 0.3 is 0 Å². The molecule has 0 spiro atoms. The van der Waals surface area contributed by atoms with Crippen LogP contribution in [0, 0.1) is 5.92 Å². The topological polar surface area (TPSA) is 59.0 Å². The summed E-state index contributed by atoms with van der Waals surface area (Å²) in [6, 6.07) is 7.61. The van der Waals surface area contributed by atoms with Crippen LogP contribution in [0.2, 0.25) is 0 Å². The molecule has 5 heteroatoms. The fraction of sp³-hybridized carbons (Fsp3) is 0.579. The lowest BCUT2D eigenvalue weighted by Gasteiger charge is -2.28. The van der Waals surface area contributed by atoms with Gasteiger partial charge in [0.25, 0.3) is 0 Å². The largest absolute Gasteiger partial charge is 0.326 e. The van der Waals surface area contributed by atoms with Crippen molar-refractivity contribution in [3.8, 4) is 0 Å². The Morgan fingerprint density at radius 3 is 2.79 bits per heavy atom. The molecule has 2 atom stereocenters. The molecular formula is C19H26N4O. The highest BCUT2D eigenvalue weighted by Gasteiger charge is 2.34. The molecule has 2 bridgehead atoms. The Balaban J connectivity index is 1.43. The summed E-state index contributed by atoms with van der Waals surface area (Å²) in [7, 11) is 0. The van der Waals surface area contributed by atoms with E-state index in [9.17, 15) is 4.79 Å². The Morgan fingerprint density at radius 2 is 2.08 bits per heavy atom. The summed E-state index contributed by atoms with van der Waals surface area (Å²) < 4.78 is 2.00. The van der Waals surface area contributed by atoms with E-state index in [-0.39, 0.29) is 5.91 Å². The van der Waals surface area contributed by atoms with Gasteiger partial charge in [0.1, 0.15) is 0 Å². The molecule has 2 unspecified atom stereocenters. The summed E-state index contributed by atoms with van der Waals surface area (Å²) in [5.74, 6) is 0.657. The van der Waals surface area contributed by atoms with Crippen molar-refractivity contribution in [1.82, 2.24) is 15.1 Å². The first-order valence-electron chi connectivity index (χ1n) is 9.11. The maximum absolute atomic E-state index is 12.5. The Labute approximate surface area is 142 Å². The Hall–Kier alpha value is -1.88. The lowest BCUT2D eigenvalue weighted by atomic mass is 9.89. The second-order valence-electron chi connectivity index (χ2n) is 7.68. The maximum atomic E-state index is 12.5. The minimum atomic E-state index is 0.135. The minimum absolute atomic E-state index is 0.135. The number of hydrogen-bond donors (Lipinski definition) is 2. The zero-order valence-corrected chi connectivity index (χ0v) is 14.5. The molecule has 2 N–H and O–H groups in total.